The third-order valence-corrected chi connectivity index (χ3v) is 5.47. The van der Waals surface area contributed by atoms with E-state index in [4.69, 9.17) is 4.74 Å². The first kappa shape index (κ1) is 19.2. The van der Waals surface area contributed by atoms with Crippen molar-refractivity contribution in [3.63, 3.8) is 0 Å². The summed E-state index contributed by atoms with van der Waals surface area (Å²) in [6.07, 6.45) is 3.45. The smallest absolute Gasteiger partial charge is 0.242 e. The summed E-state index contributed by atoms with van der Waals surface area (Å²) in [5.41, 5.74) is 1.92. The lowest BCUT2D eigenvalue weighted by molar-refractivity contribution is -0.126. The van der Waals surface area contributed by atoms with E-state index in [9.17, 15) is 4.79 Å². The van der Waals surface area contributed by atoms with Gasteiger partial charge in [0.1, 0.15) is 5.75 Å². The molecule has 1 amide bonds. The fourth-order valence-corrected chi connectivity index (χ4v) is 4.07. The minimum absolute atomic E-state index is 0.0843. The van der Waals surface area contributed by atoms with Crippen LogP contribution in [0.5, 0.6) is 5.75 Å². The summed E-state index contributed by atoms with van der Waals surface area (Å²) in [7, 11) is 1.63. The van der Waals surface area contributed by atoms with Gasteiger partial charge in [0.2, 0.25) is 5.91 Å². The summed E-state index contributed by atoms with van der Waals surface area (Å²) in [5.74, 6) is 0.846. The van der Waals surface area contributed by atoms with Crippen LogP contribution in [0.2, 0.25) is 0 Å². The molecule has 0 spiro atoms. The van der Waals surface area contributed by atoms with E-state index in [2.05, 4.69) is 17.1 Å². The summed E-state index contributed by atoms with van der Waals surface area (Å²) in [5, 5.41) is 9.14. The normalized spacial score (nSPS) is 18.6. The molecule has 1 aliphatic rings. The molecule has 0 aromatic heterocycles. The molecule has 0 aliphatic carbocycles. The van der Waals surface area contributed by atoms with Gasteiger partial charge in [-0.25, -0.2) is 0 Å². The average Bonchev–Trinajstić information content (AvgIpc) is 2.98. The molecule has 1 fully saturated rings. The maximum atomic E-state index is 12.8. The highest BCUT2D eigenvalue weighted by molar-refractivity contribution is 8.15. The first-order valence-corrected chi connectivity index (χ1v) is 9.87. The SMILES string of the molecule is CCCC1S/C(=N/N=C/c2ccccc2OC)N(Cc2ccccc2)C1=O. The summed E-state index contributed by atoms with van der Waals surface area (Å²) in [6.45, 7) is 2.60. The Labute approximate surface area is 164 Å². The van der Waals surface area contributed by atoms with Gasteiger partial charge in [-0.15, -0.1) is 5.10 Å². The van der Waals surface area contributed by atoms with Gasteiger partial charge in [-0.2, -0.15) is 5.10 Å². The highest BCUT2D eigenvalue weighted by atomic mass is 32.2. The number of hydrogen-bond donors (Lipinski definition) is 0. The van der Waals surface area contributed by atoms with Crippen LogP contribution in [0.25, 0.3) is 0 Å². The molecule has 140 valence electrons. The van der Waals surface area contributed by atoms with Crippen molar-refractivity contribution in [3.05, 3.63) is 65.7 Å². The highest BCUT2D eigenvalue weighted by Gasteiger charge is 2.37. The average molecular weight is 382 g/mol. The van der Waals surface area contributed by atoms with E-state index < -0.39 is 0 Å². The number of thioether (sulfide) groups is 1. The second kappa shape index (κ2) is 9.37. The highest BCUT2D eigenvalue weighted by Crippen LogP contribution is 2.31. The standard InChI is InChI=1S/C21H23N3O2S/c1-3-9-19-20(25)24(15-16-10-5-4-6-11-16)21(27-19)23-22-14-17-12-7-8-13-18(17)26-2/h4-8,10-14,19H,3,9,15H2,1-2H3/b22-14+,23-21+. The first-order chi connectivity index (χ1) is 13.2. The molecule has 1 aliphatic heterocycles. The number of carbonyl (C=O) groups excluding carboxylic acids is 1. The van der Waals surface area contributed by atoms with Crippen molar-refractivity contribution in [1.82, 2.24) is 4.90 Å². The van der Waals surface area contributed by atoms with Crippen LogP contribution in [0.4, 0.5) is 0 Å². The predicted molar refractivity (Wildman–Crippen MR) is 111 cm³/mol. The number of ether oxygens (including phenoxy) is 1. The molecule has 1 unspecified atom stereocenters. The van der Waals surface area contributed by atoms with E-state index in [-0.39, 0.29) is 11.2 Å². The fourth-order valence-electron chi connectivity index (χ4n) is 2.86. The van der Waals surface area contributed by atoms with E-state index in [1.54, 1.807) is 18.2 Å². The first-order valence-electron chi connectivity index (χ1n) is 8.99. The molecule has 2 aromatic carbocycles. The molecule has 1 heterocycles. The molecule has 1 atom stereocenters. The van der Waals surface area contributed by atoms with Crippen LogP contribution in [0.15, 0.2) is 64.8 Å². The Morgan fingerprint density at radius 2 is 1.89 bits per heavy atom. The molecule has 0 radical (unpaired) electrons. The van der Waals surface area contributed by atoms with Gasteiger partial charge in [-0.05, 0) is 24.1 Å². The topological polar surface area (TPSA) is 54.3 Å². The summed E-state index contributed by atoms with van der Waals surface area (Å²) in [6, 6.07) is 17.6. The van der Waals surface area contributed by atoms with Crippen molar-refractivity contribution in [1.29, 1.82) is 0 Å². The Bertz CT molecular complexity index is 836. The number of methoxy groups -OCH3 is 1. The van der Waals surface area contributed by atoms with E-state index in [0.29, 0.717) is 11.7 Å². The van der Waals surface area contributed by atoms with Crippen LogP contribution >= 0.6 is 11.8 Å². The van der Waals surface area contributed by atoms with Crippen molar-refractivity contribution in [3.8, 4) is 5.75 Å². The minimum Gasteiger partial charge on any atom is -0.496 e. The van der Waals surface area contributed by atoms with Crippen molar-refractivity contribution in [2.45, 2.75) is 31.6 Å². The fraction of sp³-hybridized carbons (Fsp3) is 0.286. The van der Waals surface area contributed by atoms with Crippen molar-refractivity contribution < 1.29 is 9.53 Å². The molecule has 6 heteroatoms. The zero-order valence-electron chi connectivity index (χ0n) is 15.5. The minimum atomic E-state index is -0.0843. The van der Waals surface area contributed by atoms with Crippen molar-refractivity contribution in [2.24, 2.45) is 10.2 Å². The van der Waals surface area contributed by atoms with E-state index in [0.717, 1.165) is 29.7 Å². The number of para-hydroxylation sites is 1. The number of benzene rings is 2. The lowest BCUT2D eigenvalue weighted by Crippen LogP contribution is -2.31. The van der Waals surface area contributed by atoms with Crippen molar-refractivity contribution in [2.75, 3.05) is 7.11 Å². The van der Waals surface area contributed by atoms with E-state index in [1.165, 1.54) is 11.8 Å². The zero-order valence-corrected chi connectivity index (χ0v) is 16.4. The third kappa shape index (κ3) is 4.77. The second-order valence-corrected chi connectivity index (χ2v) is 7.34. The van der Waals surface area contributed by atoms with Gasteiger partial charge >= 0.3 is 0 Å². The van der Waals surface area contributed by atoms with Gasteiger partial charge in [0.15, 0.2) is 5.17 Å². The number of rotatable bonds is 7. The Kier molecular flexibility index (Phi) is 6.65. The molecular weight excluding hydrogens is 358 g/mol. The third-order valence-electron chi connectivity index (χ3n) is 4.23. The molecule has 0 bridgehead atoms. The van der Waals surface area contributed by atoms with E-state index >= 15 is 0 Å². The molecule has 3 rings (SSSR count). The van der Waals surface area contributed by atoms with Crippen molar-refractivity contribution >= 4 is 29.1 Å². The number of amidine groups is 1. The largest absolute Gasteiger partial charge is 0.496 e. The summed E-state index contributed by atoms with van der Waals surface area (Å²) in [4.78, 5) is 14.5. The molecular formula is C21H23N3O2S. The number of hydrogen-bond acceptors (Lipinski definition) is 5. The lowest BCUT2D eigenvalue weighted by Gasteiger charge is -2.15. The lowest BCUT2D eigenvalue weighted by atomic mass is 10.2. The summed E-state index contributed by atoms with van der Waals surface area (Å²) >= 11 is 1.50. The quantitative estimate of drug-likeness (QED) is 0.530. The molecule has 1 saturated heterocycles. The van der Waals surface area contributed by atoms with Gasteiger partial charge in [-0.1, -0.05) is 67.6 Å². The van der Waals surface area contributed by atoms with Crippen LogP contribution in [-0.4, -0.2) is 34.5 Å². The molecule has 0 saturated carbocycles. The van der Waals surface area contributed by atoms with Gasteiger partial charge in [-0.3, -0.25) is 9.69 Å². The van der Waals surface area contributed by atoms with Crippen LogP contribution in [0.1, 0.15) is 30.9 Å². The van der Waals surface area contributed by atoms with Crippen LogP contribution in [0, 0.1) is 0 Å². The zero-order chi connectivity index (χ0) is 19.1. The Morgan fingerprint density at radius 3 is 2.63 bits per heavy atom. The second-order valence-electron chi connectivity index (χ2n) is 6.17. The molecule has 5 nitrogen and oxygen atoms in total. The Hall–Kier alpha value is -2.60. The molecule has 0 N–H and O–H groups in total. The van der Waals surface area contributed by atoms with Crippen LogP contribution in [0.3, 0.4) is 0 Å². The van der Waals surface area contributed by atoms with E-state index in [1.807, 2.05) is 54.6 Å². The molecule has 27 heavy (non-hydrogen) atoms. The van der Waals surface area contributed by atoms with Gasteiger partial charge in [0.25, 0.3) is 0 Å². The number of amides is 1. The monoisotopic (exact) mass is 381 g/mol. The summed E-state index contributed by atoms with van der Waals surface area (Å²) < 4.78 is 5.32. The van der Waals surface area contributed by atoms with Gasteiger partial charge in [0.05, 0.1) is 25.1 Å². The Balaban J connectivity index is 1.82. The predicted octanol–water partition coefficient (Wildman–Crippen LogP) is 4.33. The van der Waals surface area contributed by atoms with Crippen LogP contribution < -0.4 is 4.74 Å². The maximum absolute atomic E-state index is 12.8. The number of nitrogens with zero attached hydrogens (tertiary/aromatic N) is 3. The Morgan fingerprint density at radius 1 is 1.15 bits per heavy atom. The maximum Gasteiger partial charge on any atom is 0.242 e. The molecule has 2 aromatic rings. The number of carbonyl (C=O) groups is 1. The van der Waals surface area contributed by atoms with Gasteiger partial charge < -0.3 is 4.74 Å². The van der Waals surface area contributed by atoms with Gasteiger partial charge in [0, 0.05) is 5.56 Å². The van der Waals surface area contributed by atoms with Crippen LogP contribution in [-0.2, 0) is 11.3 Å².